The third-order valence-electron chi connectivity index (χ3n) is 5.52. The van der Waals surface area contributed by atoms with E-state index in [1.54, 1.807) is 6.07 Å². The summed E-state index contributed by atoms with van der Waals surface area (Å²) < 4.78 is 45.3. The van der Waals surface area contributed by atoms with Gasteiger partial charge in [-0.2, -0.15) is 13.2 Å². The number of piperazine rings is 1. The molecule has 1 aromatic heterocycles. The average Bonchev–Trinajstić information content (AvgIpc) is 3.20. The maximum absolute atomic E-state index is 13.4. The Morgan fingerprint density at radius 1 is 1.14 bits per heavy atom. The molecule has 1 aliphatic heterocycles. The van der Waals surface area contributed by atoms with Gasteiger partial charge in [-0.15, -0.1) is 0 Å². The number of amides is 1. The lowest BCUT2D eigenvalue weighted by molar-refractivity contribution is -0.137. The van der Waals surface area contributed by atoms with Crippen molar-refractivity contribution in [3.8, 4) is 0 Å². The fraction of sp³-hybridized carbons (Fsp3) is 0.500. The lowest BCUT2D eigenvalue weighted by Crippen LogP contribution is -2.57. The fourth-order valence-corrected chi connectivity index (χ4v) is 3.73. The van der Waals surface area contributed by atoms with E-state index in [9.17, 15) is 18.0 Å². The van der Waals surface area contributed by atoms with Gasteiger partial charge in [0.1, 0.15) is 6.26 Å². The summed E-state index contributed by atoms with van der Waals surface area (Å²) in [6.07, 6.45) is -1.51. The first kappa shape index (κ1) is 21.3. The Hall–Kier alpha value is -2.44. The quantitative estimate of drug-likeness (QED) is 0.679. The Kier molecular flexibility index (Phi) is 5.96. The zero-order valence-electron chi connectivity index (χ0n) is 17.2. The molecule has 0 radical (unpaired) electrons. The number of hydrogen-bond donors (Lipinski definition) is 0. The molecule has 0 bridgehead atoms. The number of rotatable bonds is 4. The van der Waals surface area contributed by atoms with Crippen LogP contribution in [0.4, 0.5) is 18.9 Å². The Bertz CT molecular complexity index is 844. The van der Waals surface area contributed by atoms with Crippen LogP contribution in [0.3, 0.4) is 0 Å². The maximum atomic E-state index is 13.4. The first-order valence-electron chi connectivity index (χ1n) is 9.88. The molecule has 0 unspecified atom stereocenters. The summed E-state index contributed by atoms with van der Waals surface area (Å²) in [5.41, 5.74) is 1.08. The topological polar surface area (TPSA) is 36.7 Å². The standard InChI is InChI=1S/C22H27F3N2O2/c1-14(2)17-9-18(22(23,24)25)11-19(10-17)26-6-7-27(20(12-26)15(3)4)21(28)16-5-8-29-13-16/h5,8-11,13-15,20H,6-7,12H2,1-4H3/t20-/m0/s1. The van der Waals surface area contributed by atoms with Crippen LogP contribution in [0.5, 0.6) is 0 Å². The molecular formula is C22H27F3N2O2. The molecule has 1 fully saturated rings. The van der Waals surface area contributed by atoms with Gasteiger partial charge < -0.3 is 14.2 Å². The van der Waals surface area contributed by atoms with Gasteiger partial charge in [-0.25, -0.2) is 0 Å². The first-order valence-corrected chi connectivity index (χ1v) is 9.88. The molecule has 1 atom stereocenters. The third kappa shape index (κ3) is 4.60. The van der Waals surface area contributed by atoms with Gasteiger partial charge in [0.15, 0.2) is 0 Å². The van der Waals surface area contributed by atoms with Crippen LogP contribution in [0.1, 0.15) is 55.1 Å². The van der Waals surface area contributed by atoms with Crippen LogP contribution in [0.25, 0.3) is 0 Å². The van der Waals surface area contributed by atoms with E-state index in [0.717, 1.165) is 0 Å². The third-order valence-corrected chi connectivity index (χ3v) is 5.52. The molecule has 2 heterocycles. The van der Waals surface area contributed by atoms with Crippen LogP contribution in [0.15, 0.2) is 41.2 Å². The number of halogens is 3. The summed E-state index contributed by atoms with van der Waals surface area (Å²) >= 11 is 0. The minimum Gasteiger partial charge on any atom is -0.472 e. The van der Waals surface area contributed by atoms with Crippen molar-refractivity contribution in [2.75, 3.05) is 24.5 Å². The fourth-order valence-electron chi connectivity index (χ4n) is 3.73. The minimum absolute atomic E-state index is 0.0131. The molecule has 3 rings (SSSR count). The highest BCUT2D eigenvalue weighted by atomic mass is 19.4. The first-order chi connectivity index (χ1) is 13.6. The summed E-state index contributed by atoms with van der Waals surface area (Å²) in [7, 11) is 0. The van der Waals surface area contributed by atoms with Crippen molar-refractivity contribution < 1.29 is 22.4 Å². The molecule has 1 saturated heterocycles. The molecule has 29 heavy (non-hydrogen) atoms. The predicted molar refractivity (Wildman–Crippen MR) is 106 cm³/mol. The second kappa shape index (κ2) is 8.13. The SMILES string of the molecule is CC(C)c1cc(N2CCN(C(=O)c3ccoc3)[C@H](C(C)C)C2)cc(C(F)(F)F)c1. The summed E-state index contributed by atoms with van der Waals surface area (Å²) in [5.74, 6) is 0.0361. The average molecular weight is 408 g/mol. The van der Waals surface area contributed by atoms with Gasteiger partial charge in [0.05, 0.1) is 23.4 Å². The minimum atomic E-state index is -4.39. The Morgan fingerprint density at radius 3 is 2.41 bits per heavy atom. The molecule has 7 heteroatoms. The van der Waals surface area contributed by atoms with E-state index in [-0.39, 0.29) is 23.8 Å². The molecule has 1 aromatic carbocycles. The summed E-state index contributed by atoms with van der Waals surface area (Å²) in [5, 5.41) is 0. The lowest BCUT2D eigenvalue weighted by Gasteiger charge is -2.44. The highest BCUT2D eigenvalue weighted by molar-refractivity contribution is 5.94. The zero-order chi connectivity index (χ0) is 21.3. The van der Waals surface area contributed by atoms with E-state index in [0.29, 0.717) is 36.4 Å². The van der Waals surface area contributed by atoms with Gasteiger partial charge in [-0.05, 0) is 41.7 Å². The molecule has 0 aliphatic carbocycles. The van der Waals surface area contributed by atoms with E-state index in [4.69, 9.17) is 4.42 Å². The number of carbonyl (C=O) groups excluding carboxylic acids is 1. The van der Waals surface area contributed by atoms with Crippen molar-refractivity contribution in [2.45, 2.75) is 45.8 Å². The van der Waals surface area contributed by atoms with Crippen molar-refractivity contribution >= 4 is 11.6 Å². The van der Waals surface area contributed by atoms with Crippen molar-refractivity contribution in [2.24, 2.45) is 5.92 Å². The number of hydrogen-bond acceptors (Lipinski definition) is 3. The molecule has 4 nitrogen and oxygen atoms in total. The summed E-state index contributed by atoms with van der Waals surface area (Å²) in [6.45, 7) is 9.23. The van der Waals surface area contributed by atoms with Crippen LogP contribution in [-0.2, 0) is 6.18 Å². The molecule has 1 aliphatic rings. The summed E-state index contributed by atoms with van der Waals surface area (Å²) in [4.78, 5) is 16.6. The van der Waals surface area contributed by atoms with Crippen LogP contribution >= 0.6 is 0 Å². The van der Waals surface area contributed by atoms with Crippen molar-refractivity contribution in [1.29, 1.82) is 0 Å². The second-order valence-corrected chi connectivity index (χ2v) is 8.23. The van der Waals surface area contributed by atoms with E-state index in [2.05, 4.69) is 0 Å². The number of nitrogens with zero attached hydrogens (tertiary/aromatic N) is 2. The zero-order valence-corrected chi connectivity index (χ0v) is 17.2. The number of alkyl halides is 3. The van der Waals surface area contributed by atoms with Crippen LogP contribution < -0.4 is 4.90 Å². The Morgan fingerprint density at radius 2 is 1.86 bits per heavy atom. The summed E-state index contributed by atoms with van der Waals surface area (Å²) in [6, 6.07) is 5.81. The molecule has 1 amide bonds. The smallest absolute Gasteiger partial charge is 0.416 e. The van der Waals surface area contributed by atoms with Crippen LogP contribution in [-0.4, -0.2) is 36.5 Å². The molecule has 0 N–H and O–H groups in total. The predicted octanol–water partition coefficient (Wildman–Crippen LogP) is 5.41. The van der Waals surface area contributed by atoms with E-state index in [1.165, 1.54) is 24.7 Å². The van der Waals surface area contributed by atoms with E-state index >= 15 is 0 Å². The van der Waals surface area contributed by atoms with Gasteiger partial charge >= 0.3 is 6.18 Å². The normalized spacial score (nSPS) is 18.0. The van der Waals surface area contributed by atoms with Crippen molar-refractivity contribution in [3.05, 3.63) is 53.5 Å². The molecule has 2 aromatic rings. The van der Waals surface area contributed by atoms with Gasteiger partial charge in [0.2, 0.25) is 0 Å². The second-order valence-electron chi connectivity index (χ2n) is 8.23. The number of anilines is 1. The number of benzene rings is 1. The molecule has 158 valence electrons. The van der Waals surface area contributed by atoms with Gasteiger partial charge in [0, 0.05) is 25.3 Å². The maximum Gasteiger partial charge on any atom is 0.416 e. The van der Waals surface area contributed by atoms with E-state index in [1.807, 2.05) is 43.6 Å². The largest absolute Gasteiger partial charge is 0.472 e. The number of furan rings is 1. The van der Waals surface area contributed by atoms with Gasteiger partial charge in [-0.3, -0.25) is 4.79 Å². The number of carbonyl (C=O) groups is 1. The Labute approximate surface area is 169 Å². The van der Waals surface area contributed by atoms with Crippen molar-refractivity contribution in [3.63, 3.8) is 0 Å². The van der Waals surface area contributed by atoms with Crippen LogP contribution in [0.2, 0.25) is 0 Å². The van der Waals surface area contributed by atoms with Gasteiger partial charge in [-0.1, -0.05) is 27.7 Å². The highest BCUT2D eigenvalue weighted by Gasteiger charge is 2.35. The highest BCUT2D eigenvalue weighted by Crippen LogP contribution is 2.35. The van der Waals surface area contributed by atoms with Gasteiger partial charge in [0.25, 0.3) is 5.91 Å². The monoisotopic (exact) mass is 408 g/mol. The molecular weight excluding hydrogens is 381 g/mol. The molecule has 0 spiro atoms. The molecule has 0 saturated carbocycles. The van der Waals surface area contributed by atoms with E-state index < -0.39 is 11.7 Å². The lowest BCUT2D eigenvalue weighted by atomic mass is 9.96. The Balaban J connectivity index is 1.90. The van der Waals surface area contributed by atoms with Crippen molar-refractivity contribution in [1.82, 2.24) is 4.90 Å². The van der Waals surface area contributed by atoms with Crippen LogP contribution in [0, 0.1) is 5.92 Å².